The number of fused-ring (bicyclic) bond motifs is 1. The fraction of sp³-hybridized carbons (Fsp3) is 0.333. The Labute approximate surface area is 180 Å². The zero-order valence-electron chi connectivity index (χ0n) is 17.5. The number of aryl methyl sites for hydroxylation is 1. The molecule has 0 aliphatic heterocycles. The number of carbonyl (C=O) groups is 1. The van der Waals surface area contributed by atoms with Gasteiger partial charge in [-0.3, -0.25) is 9.36 Å². The van der Waals surface area contributed by atoms with Crippen molar-refractivity contribution in [2.24, 2.45) is 5.41 Å². The third kappa shape index (κ3) is 3.73. The summed E-state index contributed by atoms with van der Waals surface area (Å²) in [6.07, 6.45) is 4.53. The van der Waals surface area contributed by atoms with Crippen LogP contribution in [0.1, 0.15) is 46.6 Å². The summed E-state index contributed by atoms with van der Waals surface area (Å²) in [5.41, 5.74) is 4.14. The van der Waals surface area contributed by atoms with Gasteiger partial charge >= 0.3 is 5.97 Å². The Morgan fingerprint density at radius 2 is 2.07 bits per heavy atom. The van der Waals surface area contributed by atoms with Crippen LogP contribution in [0.3, 0.4) is 0 Å². The van der Waals surface area contributed by atoms with Crippen molar-refractivity contribution in [1.29, 1.82) is 0 Å². The van der Waals surface area contributed by atoms with Crippen molar-refractivity contribution in [3.8, 4) is 16.1 Å². The highest BCUT2D eigenvalue weighted by atomic mass is 32.1. The van der Waals surface area contributed by atoms with Crippen molar-refractivity contribution in [2.75, 3.05) is 7.05 Å². The fourth-order valence-electron chi connectivity index (χ4n) is 4.26. The first-order valence-corrected chi connectivity index (χ1v) is 11.0. The number of benzene rings is 1. The van der Waals surface area contributed by atoms with E-state index in [4.69, 9.17) is 0 Å². The van der Waals surface area contributed by atoms with Gasteiger partial charge in [-0.05, 0) is 66.6 Å². The van der Waals surface area contributed by atoms with Crippen LogP contribution in [-0.2, 0) is 19.4 Å². The summed E-state index contributed by atoms with van der Waals surface area (Å²) in [4.78, 5) is 26.6. The molecule has 5 nitrogen and oxygen atoms in total. The standard InChI is InChI=1S/C24H26N2O3S/c1-24(2)10-9-19-18(13-24)21(23(28)29)22(30-19)17-8-7-16(12-15(17)14-25-3)26-11-5-4-6-20(26)27/h4-8,11-12,25H,9-10,13-14H2,1-3H3,(H,28,29). The predicted molar refractivity (Wildman–Crippen MR) is 121 cm³/mol. The maximum Gasteiger partial charge on any atom is 0.337 e. The predicted octanol–water partition coefficient (Wildman–Crippen LogP) is 4.50. The van der Waals surface area contributed by atoms with E-state index in [-0.39, 0.29) is 11.0 Å². The van der Waals surface area contributed by atoms with E-state index in [1.807, 2.05) is 31.3 Å². The summed E-state index contributed by atoms with van der Waals surface area (Å²) in [6.45, 7) is 4.99. The second-order valence-electron chi connectivity index (χ2n) is 8.63. The Morgan fingerprint density at radius 1 is 1.27 bits per heavy atom. The van der Waals surface area contributed by atoms with Crippen molar-refractivity contribution in [2.45, 2.75) is 39.7 Å². The third-order valence-electron chi connectivity index (χ3n) is 5.79. The van der Waals surface area contributed by atoms with Crippen LogP contribution in [-0.4, -0.2) is 22.7 Å². The van der Waals surface area contributed by atoms with E-state index in [0.29, 0.717) is 12.1 Å². The summed E-state index contributed by atoms with van der Waals surface area (Å²) in [6, 6.07) is 10.9. The molecule has 4 rings (SSSR count). The van der Waals surface area contributed by atoms with E-state index >= 15 is 0 Å². The lowest BCUT2D eigenvalue weighted by Crippen LogP contribution is -2.22. The first-order valence-electron chi connectivity index (χ1n) is 10.1. The molecule has 0 bridgehead atoms. The molecule has 0 saturated carbocycles. The van der Waals surface area contributed by atoms with Crippen LogP contribution in [0.2, 0.25) is 0 Å². The number of carboxylic acids is 1. The van der Waals surface area contributed by atoms with Crippen molar-refractivity contribution < 1.29 is 9.90 Å². The fourth-order valence-corrected chi connectivity index (χ4v) is 5.63. The van der Waals surface area contributed by atoms with Crippen molar-refractivity contribution in [1.82, 2.24) is 9.88 Å². The maximum absolute atomic E-state index is 12.3. The lowest BCUT2D eigenvalue weighted by atomic mass is 9.76. The number of thiophene rings is 1. The largest absolute Gasteiger partial charge is 0.478 e. The van der Waals surface area contributed by atoms with Gasteiger partial charge in [-0.25, -0.2) is 4.79 Å². The molecular formula is C24H26N2O3S. The molecule has 0 fully saturated rings. The molecule has 0 radical (unpaired) electrons. The van der Waals surface area contributed by atoms with Crippen molar-refractivity contribution >= 4 is 17.3 Å². The van der Waals surface area contributed by atoms with E-state index in [2.05, 4.69) is 19.2 Å². The summed E-state index contributed by atoms with van der Waals surface area (Å²) in [7, 11) is 1.87. The first-order chi connectivity index (χ1) is 14.3. The maximum atomic E-state index is 12.3. The van der Waals surface area contributed by atoms with Gasteiger partial charge < -0.3 is 10.4 Å². The van der Waals surface area contributed by atoms with Gasteiger partial charge in [-0.15, -0.1) is 11.3 Å². The summed E-state index contributed by atoms with van der Waals surface area (Å²) >= 11 is 1.61. The molecule has 156 valence electrons. The summed E-state index contributed by atoms with van der Waals surface area (Å²) < 4.78 is 1.60. The number of hydrogen-bond donors (Lipinski definition) is 2. The number of nitrogens with one attached hydrogen (secondary N) is 1. The molecule has 0 spiro atoms. The molecular weight excluding hydrogens is 396 g/mol. The monoisotopic (exact) mass is 422 g/mol. The average Bonchev–Trinajstić information content (AvgIpc) is 3.06. The molecule has 1 aliphatic rings. The van der Waals surface area contributed by atoms with Crippen LogP contribution < -0.4 is 10.9 Å². The Morgan fingerprint density at radius 3 is 2.77 bits per heavy atom. The molecule has 0 amide bonds. The third-order valence-corrected chi connectivity index (χ3v) is 7.12. The topological polar surface area (TPSA) is 71.3 Å². The zero-order valence-corrected chi connectivity index (χ0v) is 18.3. The highest BCUT2D eigenvalue weighted by Gasteiger charge is 2.33. The number of aromatic nitrogens is 1. The van der Waals surface area contributed by atoms with Gasteiger partial charge in [0, 0.05) is 34.2 Å². The second kappa shape index (κ2) is 7.85. The van der Waals surface area contributed by atoms with Gasteiger partial charge in [0.05, 0.1) is 5.56 Å². The molecule has 2 aromatic heterocycles. The van der Waals surface area contributed by atoms with E-state index in [1.165, 1.54) is 10.9 Å². The molecule has 0 atom stereocenters. The Kier molecular flexibility index (Phi) is 5.38. The molecule has 0 unspecified atom stereocenters. The van der Waals surface area contributed by atoms with Gasteiger partial charge in [0.1, 0.15) is 0 Å². The Bertz CT molecular complexity index is 1170. The van der Waals surface area contributed by atoms with E-state index < -0.39 is 5.97 Å². The van der Waals surface area contributed by atoms with Crippen LogP contribution in [0, 0.1) is 5.41 Å². The van der Waals surface area contributed by atoms with Crippen molar-refractivity contribution in [3.63, 3.8) is 0 Å². The minimum absolute atomic E-state index is 0.0966. The molecule has 3 aromatic rings. The second-order valence-corrected chi connectivity index (χ2v) is 9.74. The number of aromatic carboxylic acids is 1. The molecule has 30 heavy (non-hydrogen) atoms. The minimum Gasteiger partial charge on any atom is -0.478 e. The molecule has 2 heterocycles. The Hall–Kier alpha value is -2.70. The normalized spacial score (nSPS) is 15.0. The van der Waals surface area contributed by atoms with E-state index in [1.54, 1.807) is 28.2 Å². The van der Waals surface area contributed by atoms with Gasteiger partial charge in [-0.1, -0.05) is 26.0 Å². The highest BCUT2D eigenvalue weighted by molar-refractivity contribution is 7.16. The zero-order chi connectivity index (χ0) is 21.5. The van der Waals surface area contributed by atoms with Gasteiger partial charge in [0.25, 0.3) is 5.56 Å². The molecule has 1 aromatic carbocycles. The smallest absolute Gasteiger partial charge is 0.337 e. The lowest BCUT2D eigenvalue weighted by molar-refractivity contribution is 0.0696. The van der Waals surface area contributed by atoms with Crippen LogP contribution in [0.5, 0.6) is 0 Å². The van der Waals surface area contributed by atoms with Crippen molar-refractivity contribution in [3.05, 3.63) is 74.5 Å². The number of nitrogens with zero attached hydrogens (tertiary/aromatic N) is 1. The quantitative estimate of drug-likeness (QED) is 0.635. The van der Waals surface area contributed by atoms with Crippen LogP contribution in [0.25, 0.3) is 16.1 Å². The number of carboxylic acid groups (broad SMARTS) is 1. The van der Waals surface area contributed by atoms with Gasteiger partial charge in [-0.2, -0.15) is 0 Å². The molecule has 1 aliphatic carbocycles. The minimum atomic E-state index is -0.862. The first kappa shape index (κ1) is 20.6. The van der Waals surface area contributed by atoms with E-state index in [0.717, 1.165) is 46.5 Å². The highest BCUT2D eigenvalue weighted by Crippen LogP contribution is 2.45. The molecule has 2 N–H and O–H groups in total. The van der Waals surface area contributed by atoms with Crippen LogP contribution in [0.15, 0.2) is 47.4 Å². The van der Waals surface area contributed by atoms with Gasteiger partial charge in [0.2, 0.25) is 0 Å². The Balaban J connectivity index is 1.89. The average molecular weight is 423 g/mol. The molecule has 0 saturated heterocycles. The summed E-state index contributed by atoms with van der Waals surface area (Å²) in [5.74, 6) is -0.862. The summed E-state index contributed by atoms with van der Waals surface area (Å²) in [5, 5.41) is 13.3. The number of rotatable bonds is 5. The van der Waals surface area contributed by atoms with Crippen LogP contribution >= 0.6 is 11.3 Å². The van der Waals surface area contributed by atoms with E-state index in [9.17, 15) is 14.7 Å². The number of hydrogen-bond acceptors (Lipinski definition) is 4. The van der Waals surface area contributed by atoms with Gasteiger partial charge in [0.15, 0.2) is 0 Å². The molecule has 6 heteroatoms. The number of pyridine rings is 1. The SMILES string of the molecule is CNCc1cc(-n2ccccc2=O)ccc1-c1sc2c(c1C(=O)O)CC(C)(C)CC2. The lowest BCUT2D eigenvalue weighted by Gasteiger charge is -2.29. The van der Waals surface area contributed by atoms with Crippen LogP contribution in [0.4, 0.5) is 0 Å².